The van der Waals surface area contributed by atoms with Crippen LogP contribution in [0.2, 0.25) is 5.02 Å². The first-order chi connectivity index (χ1) is 8.99. The monoisotopic (exact) mass is 283 g/mol. The van der Waals surface area contributed by atoms with Crippen molar-refractivity contribution in [2.75, 3.05) is 11.4 Å². The molecule has 4 heteroatoms. The molecular formula is C15H22ClNO2. The highest BCUT2D eigenvalue weighted by molar-refractivity contribution is 6.34. The van der Waals surface area contributed by atoms with Crippen molar-refractivity contribution in [3.63, 3.8) is 0 Å². The van der Waals surface area contributed by atoms with Crippen LogP contribution in [0, 0.1) is 0 Å². The summed E-state index contributed by atoms with van der Waals surface area (Å²) >= 11 is 6.22. The molecule has 0 heterocycles. The summed E-state index contributed by atoms with van der Waals surface area (Å²) in [5.41, 5.74) is 0.917. The Labute approximate surface area is 120 Å². The van der Waals surface area contributed by atoms with E-state index < -0.39 is 5.97 Å². The quantitative estimate of drug-likeness (QED) is 0.752. The van der Waals surface area contributed by atoms with Gasteiger partial charge in [-0.1, -0.05) is 37.4 Å². The van der Waals surface area contributed by atoms with Crippen LogP contribution in [0.25, 0.3) is 0 Å². The van der Waals surface area contributed by atoms with Crippen LogP contribution in [0.1, 0.15) is 50.4 Å². The highest BCUT2D eigenvalue weighted by Crippen LogP contribution is 2.31. The van der Waals surface area contributed by atoms with Crippen LogP contribution in [-0.4, -0.2) is 23.7 Å². The van der Waals surface area contributed by atoms with Crippen molar-refractivity contribution in [2.45, 2.75) is 46.1 Å². The molecule has 1 rings (SSSR count). The fourth-order valence-electron chi connectivity index (χ4n) is 2.14. The molecule has 1 aromatic carbocycles. The van der Waals surface area contributed by atoms with E-state index in [0.717, 1.165) is 25.8 Å². The zero-order chi connectivity index (χ0) is 14.4. The standard InChI is InChI=1S/C15H22ClNO2/c1-4-5-6-10-17(11(2)3)14-12(15(18)19)8-7-9-13(14)16/h7-9,11H,4-6,10H2,1-3H3,(H,18,19). The van der Waals surface area contributed by atoms with Gasteiger partial charge in [-0.25, -0.2) is 4.79 Å². The van der Waals surface area contributed by atoms with Gasteiger partial charge in [-0.3, -0.25) is 0 Å². The lowest BCUT2D eigenvalue weighted by Crippen LogP contribution is -2.33. The van der Waals surface area contributed by atoms with Gasteiger partial charge in [0.05, 0.1) is 16.3 Å². The number of halogens is 1. The van der Waals surface area contributed by atoms with Crippen molar-refractivity contribution < 1.29 is 9.90 Å². The minimum Gasteiger partial charge on any atom is -0.478 e. The Hall–Kier alpha value is -1.22. The summed E-state index contributed by atoms with van der Waals surface area (Å²) < 4.78 is 0. The van der Waals surface area contributed by atoms with Crippen LogP contribution in [-0.2, 0) is 0 Å². The number of benzene rings is 1. The van der Waals surface area contributed by atoms with E-state index in [2.05, 4.69) is 25.7 Å². The molecule has 0 atom stereocenters. The van der Waals surface area contributed by atoms with Gasteiger partial charge in [0.2, 0.25) is 0 Å². The smallest absolute Gasteiger partial charge is 0.337 e. The molecule has 0 unspecified atom stereocenters. The van der Waals surface area contributed by atoms with Crippen LogP contribution in [0.15, 0.2) is 18.2 Å². The Balaban J connectivity index is 3.10. The number of para-hydroxylation sites is 1. The zero-order valence-electron chi connectivity index (χ0n) is 11.8. The molecule has 106 valence electrons. The van der Waals surface area contributed by atoms with Crippen LogP contribution >= 0.6 is 11.6 Å². The summed E-state index contributed by atoms with van der Waals surface area (Å²) in [5, 5.41) is 9.81. The third-order valence-corrected chi connectivity index (χ3v) is 3.44. The van der Waals surface area contributed by atoms with Gasteiger partial charge in [-0.2, -0.15) is 0 Å². The Morgan fingerprint density at radius 1 is 1.37 bits per heavy atom. The van der Waals surface area contributed by atoms with E-state index in [1.165, 1.54) is 0 Å². The van der Waals surface area contributed by atoms with Crippen LogP contribution in [0.5, 0.6) is 0 Å². The molecule has 3 nitrogen and oxygen atoms in total. The molecule has 0 bridgehead atoms. The van der Waals surface area contributed by atoms with Crippen molar-refractivity contribution in [1.82, 2.24) is 0 Å². The maximum atomic E-state index is 11.3. The lowest BCUT2D eigenvalue weighted by Gasteiger charge is -2.31. The van der Waals surface area contributed by atoms with Crippen LogP contribution < -0.4 is 4.90 Å². The van der Waals surface area contributed by atoms with Crippen molar-refractivity contribution in [3.05, 3.63) is 28.8 Å². The average molecular weight is 284 g/mol. The van der Waals surface area contributed by atoms with Crippen molar-refractivity contribution in [3.8, 4) is 0 Å². The largest absolute Gasteiger partial charge is 0.478 e. The van der Waals surface area contributed by atoms with Gasteiger partial charge in [0.25, 0.3) is 0 Å². The first-order valence-corrected chi connectivity index (χ1v) is 7.15. The molecule has 0 radical (unpaired) electrons. The highest BCUT2D eigenvalue weighted by Gasteiger charge is 2.20. The van der Waals surface area contributed by atoms with Crippen LogP contribution in [0.4, 0.5) is 5.69 Å². The van der Waals surface area contributed by atoms with Crippen molar-refractivity contribution in [1.29, 1.82) is 0 Å². The number of unbranched alkanes of at least 4 members (excludes halogenated alkanes) is 2. The van der Waals surface area contributed by atoms with Gasteiger partial charge in [-0.15, -0.1) is 0 Å². The van der Waals surface area contributed by atoms with Gasteiger partial charge in [0.15, 0.2) is 0 Å². The molecule has 0 amide bonds. The SMILES string of the molecule is CCCCCN(c1c(Cl)cccc1C(=O)O)C(C)C. The normalized spacial score (nSPS) is 10.8. The molecule has 1 aromatic rings. The maximum absolute atomic E-state index is 11.3. The molecule has 0 aliphatic heterocycles. The number of anilines is 1. The Bertz CT molecular complexity index is 432. The van der Waals surface area contributed by atoms with E-state index in [1.54, 1.807) is 18.2 Å². The first kappa shape index (κ1) is 15.8. The Kier molecular flexibility index (Phi) is 6.16. The summed E-state index contributed by atoms with van der Waals surface area (Å²) in [5.74, 6) is -0.932. The number of carbonyl (C=O) groups is 1. The lowest BCUT2D eigenvalue weighted by molar-refractivity contribution is 0.0697. The Morgan fingerprint density at radius 2 is 2.05 bits per heavy atom. The topological polar surface area (TPSA) is 40.5 Å². The molecule has 0 saturated carbocycles. The summed E-state index contributed by atoms with van der Waals surface area (Å²) in [6.45, 7) is 7.09. The van der Waals surface area contributed by atoms with Gasteiger partial charge in [0.1, 0.15) is 0 Å². The average Bonchev–Trinajstić information content (AvgIpc) is 2.34. The molecule has 0 aliphatic rings. The molecule has 0 aliphatic carbocycles. The predicted octanol–water partition coefficient (Wildman–Crippen LogP) is 4.44. The molecule has 0 saturated heterocycles. The van der Waals surface area contributed by atoms with E-state index >= 15 is 0 Å². The van der Waals surface area contributed by atoms with Gasteiger partial charge in [-0.05, 0) is 32.4 Å². The second kappa shape index (κ2) is 7.39. The number of carboxylic acid groups (broad SMARTS) is 1. The number of nitrogens with zero attached hydrogens (tertiary/aromatic N) is 1. The van der Waals surface area contributed by atoms with Gasteiger partial charge in [0, 0.05) is 12.6 Å². The van der Waals surface area contributed by atoms with E-state index in [1.807, 2.05) is 0 Å². The minimum absolute atomic E-state index is 0.217. The summed E-state index contributed by atoms with van der Waals surface area (Å²) in [7, 11) is 0. The van der Waals surface area contributed by atoms with E-state index in [0.29, 0.717) is 10.7 Å². The molecular weight excluding hydrogens is 262 g/mol. The van der Waals surface area contributed by atoms with Gasteiger partial charge >= 0.3 is 5.97 Å². The molecule has 0 fully saturated rings. The Morgan fingerprint density at radius 3 is 2.58 bits per heavy atom. The molecule has 0 aromatic heterocycles. The molecule has 19 heavy (non-hydrogen) atoms. The highest BCUT2D eigenvalue weighted by atomic mass is 35.5. The molecule has 0 spiro atoms. The van der Waals surface area contributed by atoms with E-state index in [9.17, 15) is 9.90 Å². The van der Waals surface area contributed by atoms with Gasteiger partial charge < -0.3 is 10.0 Å². The number of hydrogen-bond donors (Lipinski definition) is 1. The third kappa shape index (κ3) is 4.13. The second-order valence-corrected chi connectivity index (χ2v) is 5.34. The van der Waals surface area contributed by atoms with Crippen molar-refractivity contribution in [2.24, 2.45) is 0 Å². The van der Waals surface area contributed by atoms with E-state index in [-0.39, 0.29) is 11.6 Å². The fourth-order valence-corrected chi connectivity index (χ4v) is 2.42. The van der Waals surface area contributed by atoms with Crippen LogP contribution in [0.3, 0.4) is 0 Å². The summed E-state index contributed by atoms with van der Waals surface area (Å²) in [6.07, 6.45) is 3.31. The minimum atomic E-state index is -0.932. The predicted molar refractivity (Wildman–Crippen MR) is 80.4 cm³/mol. The number of aromatic carboxylic acids is 1. The zero-order valence-corrected chi connectivity index (χ0v) is 12.6. The van der Waals surface area contributed by atoms with E-state index in [4.69, 9.17) is 11.6 Å². The third-order valence-electron chi connectivity index (χ3n) is 3.13. The summed E-state index contributed by atoms with van der Waals surface area (Å²) in [6, 6.07) is 5.26. The number of rotatable bonds is 7. The second-order valence-electron chi connectivity index (χ2n) is 4.94. The first-order valence-electron chi connectivity index (χ1n) is 6.77. The maximum Gasteiger partial charge on any atom is 0.337 e. The fraction of sp³-hybridized carbons (Fsp3) is 0.533. The van der Waals surface area contributed by atoms with Crippen molar-refractivity contribution >= 4 is 23.3 Å². The lowest BCUT2D eigenvalue weighted by atomic mass is 10.1. The number of hydrogen-bond acceptors (Lipinski definition) is 2. The number of carboxylic acids is 1. The molecule has 1 N–H and O–H groups in total. The summed E-state index contributed by atoms with van der Waals surface area (Å²) in [4.78, 5) is 13.4.